The molecule has 0 saturated heterocycles. The third-order valence-corrected chi connectivity index (χ3v) is 1.52. The molecule has 0 bridgehead atoms. The number of halogens is 1. The molecule has 10 heavy (non-hydrogen) atoms. The monoisotopic (exact) mass is 160 g/mol. The standard InChI is InChI=1S/C5H9ClN4/c6-4-2-1-3-5-7-9-10-8-5/h5H,1-4H2. The lowest BCUT2D eigenvalue weighted by molar-refractivity contribution is 0.594. The van der Waals surface area contributed by atoms with Gasteiger partial charge in [0.15, 0.2) is 6.17 Å². The highest BCUT2D eigenvalue weighted by Crippen LogP contribution is 2.12. The van der Waals surface area contributed by atoms with Gasteiger partial charge in [0.1, 0.15) is 0 Å². The Balaban J connectivity index is 2.03. The molecule has 0 aromatic carbocycles. The summed E-state index contributed by atoms with van der Waals surface area (Å²) in [5.74, 6) is 0.709. The Labute approximate surface area is 64.4 Å². The first-order valence-electron chi connectivity index (χ1n) is 3.29. The highest BCUT2D eigenvalue weighted by atomic mass is 35.5. The van der Waals surface area contributed by atoms with Crippen LogP contribution in [0, 0.1) is 0 Å². The molecule has 1 rings (SSSR count). The SMILES string of the molecule is ClCCCCC1N=NN=N1. The maximum absolute atomic E-state index is 5.48. The van der Waals surface area contributed by atoms with Crippen LogP contribution in [-0.4, -0.2) is 12.0 Å². The predicted octanol–water partition coefficient (Wildman–Crippen LogP) is 2.55. The van der Waals surface area contributed by atoms with Crippen LogP contribution in [0.25, 0.3) is 0 Å². The number of hydrogen-bond acceptors (Lipinski definition) is 4. The number of hydrogen-bond donors (Lipinski definition) is 0. The van der Waals surface area contributed by atoms with Crippen LogP contribution in [0.2, 0.25) is 0 Å². The molecule has 0 aliphatic carbocycles. The van der Waals surface area contributed by atoms with E-state index in [2.05, 4.69) is 20.7 Å². The third kappa shape index (κ3) is 2.39. The fourth-order valence-corrected chi connectivity index (χ4v) is 0.914. The van der Waals surface area contributed by atoms with Gasteiger partial charge >= 0.3 is 0 Å². The van der Waals surface area contributed by atoms with Gasteiger partial charge < -0.3 is 0 Å². The first kappa shape index (κ1) is 7.60. The van der Waals surface area contributed by atoms with Gasteiger partial charge in [-0.1, -0.05) is 0 Å². The zero-order valence-electron chi connectivity index (χ0n) is 5.57. The summed E-state index contributed by atoms with van der Waals surface area (Å²) in [5.41, 5.74) is 0. The quantitative estimate of drug-likeness (QED) is 0.448. The van der Waals surface area contributed by atoms with Crippen molar-refractivity contribution in [3.05, 3.63) is 0 Å². The Kier molecular flexibility index (Phi) is 3.29. The molecule has 0 amide bonds. The van der Waals surface area contributed by atoms with Crippen molar-refractivity contribution >= 4 is 11.6 Å². The lowest BCUT2D eigenvalue weighted by Crippen LogP contribution is -1.95. The van der Waals surface area contributed by atoms with Crippen LogP contribution < -0.4 is 0 Å². The molecule has 0 aromatic rings. The van der Waals surface area contributed by atoms with Crippen LogP contribution in [0.5, 0.6) is 0 Å². The Bertz CT molecular complexity index is 133. The van der Waals surface area contributed by atoms with E-state index < -0.39 is 0 Å². The van der Waals surface area contributed by atoms with Gasteiger partial charge in [-0.05, 0) is 29.7 Å². The van der Waals surface area contributed by atoms with Crippen molar-refractivity contribution in [1.29, 1.82) is 0 Å². The Morgan fingerprint density at radius 1 is 1.10 bits per heavy atom. The second-order valence-electron chi connectivity index (χ2n) is 2.08. The summed E-state index contributed by atoms with van der Waals surface area (Å²) < 4.78 is 0. The lowest BCUT2D eigenvalue weighted by Gasteiger charge is -1.97. The molecule has 0 saturated carbocycles. The van der Waals surface area contributed by atoms with Crippen molar-refractivity contribution in [3.63, 3.8) is 0 Å². The summed E-state index contributed by atoms with van der Waals surface area (Å²) in [4.78, 5) is 0. The number of nitrogens with zero attached hydrogens (tertiary/aromatic N) is 4. The third-order valence-electron chi connectivity index (χ3n) is 1.26. The normalized spacial score (nSPS) is 16.9. The van der Waals surface area contributed by atoms with E-state index in [0.29, 0.717) is 5.88 Å². The van der Waals surface area contributed by atoms with E-state index in [4.69, 9.17) is 11.6 Å². The van der Waals surface area contributed by atoms with Crippen LogP contribution in [-0.2, 0) is 0 Å². The summed E-state index contributed by atoms with van der Waals surface area (Å²) >= 11 is 5.48. The molecule has 4 nitrogen and oxygen atoms in total. The molecule has 0 atom stereocenters. The van der Waals surface area contributed by atoms with Crippen LogP contribution in [0.3, 0.4) is 0 Å². The molecule has 1 aliphatic rings. The van der Waals surface area contributed by atoms with E-state index in [-0.39, 0.29) is 6.17 Å². The van der Waals surface area contributed by atoms with E-state index in [1.807, 2.05) is 0 Å². The molecular weight excluding hydrogens is 152 g/mol. The Hall–Kier alpha value is -0.510. The zero-order valence-corrected chi connectivity index (χ0v) is 6.33. The van der Waals surface area contributed by atoms with Crippen molar-refractivity contribution < 1.29 is 0 Å². The van der Waals surface area contributed by atoms with E-state index in [1.165, 1.54) is 0 Å². The fraction of sp³-hybridized carbons (Fsp3) is 1.00. The van der Waals surface area contributed by atoms with Gasteiger partial charge in [0.25, 0.3) is 0 Å². The first-order valence-corrected chi connectivity index (χ1v) is 3.83. The molecule has 5 heteroatoms. The summed E-state index contributed by atoms with van der Waals surface area (Å²) in [6.45, 7) is 0. The van der Waals surface area contributed by atoms with Crippen molar-refractivity contribution in [2.45, 2.75) is 25.4 Å². The van der Waals surface area contributed by atoms with E-state index in [1.54, 1.807) is 0 Å². The molecule has 1 heterocycles. The van der Waals surface area contributed by atoms with Crippen molar-refractivity contribution in [2.24, 2.45) is 20.7 Å². The van der Waals surface area contributed by atoms with Crippen LogP contribution in [0.15, 0.2) is 20.7 Å². The highest BCUT2D eigenvalue weighted by molar-refractivity contribution is 6.17. The largest absolute Gasteiger partial charge is 0.185 e. The van der Waals surface area contributed by atoms with Gasteiger partial charge in [0.05, 0.1) is 0 Å². The van der Waals surface area contributed by atoms with E-state index in [0.717, 1.165) is 19.3 Å². The van der Waals surface area contributed by atoms with E-state index in [9.17, 15) is 0 Å². The summed E-state index contributed by atoms with van der Waals surface area (Å²) in [6.07, 6.45) is 2.96. The van der Waals surface area contributed by atoms with Crippen molar-refractivity contribution in [1.82, 2.24) is 0 Å². The minimum absolute atomic E-state index is 0.0248. The lowest BCUT2D eigenvalue weighted by atomic mass is 10.2. The molecule has 0 spiro atoms. The fourth-order valence-electron chi connectivity index (χ4n) is 0.725. The van der Waals surface area contributed by atoms with Crippen molar-refractivity contribution in [2.75, 3.05) is 5.88 Å². The smallest absolute Gasteiger partial charge is 0.138 e. The van der Waals surface area contributed by atoms with Crippen molar-refractivity contribution in [3.8, 4) is 0 Å². The molecule has 0 unspecified atom stereocenters. The summed E-state index contributed by atoms with van der Waals surface area (Å²) in [7, 11) is 0. The molecule has 0 radical (unpaired) electrons. The average Bonchev–Trinajstić information content (AvgIpc) is 2.41. The topological polar surface area (TPSA) is 49.4 Å². The minimum atomic E-state index is -0.0248. The Morgan fingerprint density at radius 3 is 2.40 bits per heavy atom. The predicted molar refractivity (Wildman–Crippen MR) is 38.1 cm³/mol. The van der Waals surface area contributed by atoms with Gasteiger partial charge in [-0.25, -0.2) is 0 Å². The Morgan fingerprint density at radius 2 is 1.80 bits per heavy atom. The highest BCUT2D eigenvalue weighted by Gasteiger charge is 2.07. The number of unbranched alkanes of at least 4 members (excludes halogenated alkanes) is 1. The molecule has 0 N–H and O–H groups in total. The molecule has 0 fully saturated rings. The first-order chi connectivity index (χ1) is 4.93. The molecular formula is C5H9ClN4. The van der Waals surface area contributed by atoms with Crippen LogP contribution in [0.4, 0.5) is 0 Å². The number of rotatable bonds is 4. The maximum atomic E-state index is 5.48. The van der Waals surface area contributed by atoms with Gasteiger partial charge in [-0.15, -0.1) is 21.8 Å². The molecule has 56 valence electrons. The summed E-state index contributed by atoms with van der Waals surface area (Å²) in [6, 6.07) is 0. The number of alkyl halides is 1. The average molecular weight is 161 g/mol. The second kappa shape index (κ2) is 4.33. The second-order valence-corrected chi connectivity index (χ2v) is 2.45. The molecule has 0 aromatic heterocycles. The van der Waals surface area contributed by atoms with E-state index >= 15 is 0 Å². The maximum Gasteiger partial charge on any atom is 0.185 e. The molecule has 1 aliphatic heterocycles. The van der Waals surface area contributed by atoms with Gasteiger partial charge in [-0.2, -0.15) is 0 Å². The summed E-state index contributed by atoms with van der Waals surface area (Å²) in [5, 5.41) is 14.3. The van der Waals surface area contributed by atoms with Gasteiger partial charge in [-0.3, -0.25) is 0 Å². The zero-order chi connectivity index (χ0) is 7.23. The van der Waals surface area contributed by atoms with Crippen LogP contribution in [0.1, 0.15) is 19.3 Å². The van der Waals surface area contributed by atoms with Gasteiger partial charge in [0.2, 0.25) is 0 Å². The van der Waals surface area contributed by atoms with Gasteiger partial charge in [0, 0.05) is 5.88 Å². The van der Waals surface area contributed by atoms with Crippen LogP contribution >= 0.6 is 11.6 Å². The minimum Gasteiger partial charge on any atom is -0.138 e.